The van der Waals surface area contributed by atoms with E-state index in [9.17, 15) is 18.3 Å². The van der Waals surface area contributed by atoms with Crippen LogP contribution in [0.15, 0.2) is 24.4 Å². The van der Waals surface area contributed by atoms with Crippen molar-refractivity contribution in [1.29, 1.82) is 0 Å². The Labute approximate surface area is 158 Å². The molecule has 1 aromatic heterocycles. The summed E-state index contributed by atoms with van der Waals surface area (Å²) in [6.45, 7) is 3.67. The number of nitrogens with zero attached hydrogens (tertiary/aromatic N) is 3. The molecule has 10 heteroatoms. The third-order valence-corrected chi connectivity index (χ3v) is 6.52. The van der Waals surface area contributed by atoms with Gasteiger partial charge in [0.25, 0.3) is 10.2 Å². The maximum atomic E-state index is 12.8. The second kappa shape index (κ2) is 6.95. The maximum Gasteiger partial charge on any atom is 0.280 e. The van der Waals surface area contributed by atoms with Crippen LogP contribution in [0.4, 0.5) is 5.69 Å². The van der Waals surface area contributed by atoms with E-state index in [-0.39, 0.29) is 17.9 Å². The van der Waals surface area contributed by atoms with E-state index >= 15 is 0 Å². The molecule has 27 heavy (non-hydrogen) atoms. The van der Waals surface area contributed by atoms with Crippen LogP contribution < -0.4 is 10.0 Å². The Balaban J connectivity index is 1.89. The number of aryl methyl sites for hydroxylation is 2. The zero-order valence-electron chi connectivity index (χ0n) is 15.6. The van der Waals surface area contributed by atoms with Crippen molar-refractivity contribution in [1.82, 2.24) is 18.8 Å². The minimum absolute atomic E-state index is 0.0759. The number of hydrogen-bond donors (Lipinski definition) is 3. The first-order valence-electron chi connectivity index (χ1n) is 8.44. The van der Waals surface area contributed by atoms with Crippen LogP contribution >= 0.6 is 0 Å². The molecule has 0 saturated carbocycles. The minimum Gasteiger partial charge on any atom is -0.506 e. The zero-order valence-corrected chi connectivity index (χ0v) is 16.4. The van der Waals surface area contributed by atoms with Crippen LogP contribution in [0.2, 0.25) is 0 Å². The van der Waals surface area contributed by atoms with Crippen LogP contribution in [-0.2, 0) is 22.1 Å². The average Bonchev–Trinajstić information content (AvgIpc) is 2.92. The number of phenols is 1. The van der Waals surface area contributed by atoms with Crippen LogP contribution in [0.3, 0.4) is 0 Å². The highest BCUT2D eigenvalue weighted by molar-refractivity contribution is 7.87. The largest absolute Gasteiger partial charge is 0.506 e. The average molecular weight is 393 g/mol. The molecular weight excluding hydrogens is 370 g/mol. The van der Waals surface area contributed by atoms with E-state index in [0.29, 0.717) is 0 Å². The molecule has 2 atom stereocenters. The van der Waals surface area contributed by atoms with E-state index in [1.165, 1.54) is 13.1 Å². The lowest BCUT2D eigenvalue weighted by atomic mass is 10.00. The molecule has 1 aromatic carbocycles. The number of likely N-dealkylation sites (N-methyl/N-ethyl adjacent to an activating group) is 1. The quantitative estimate of drug-likeness (QED) is 0.672. The molecule has 1 saturated heterocycles. The maximum absolute atomic E-state index is 12.8. The number of rotatable bonds is 3. The zero-order chi connectivity index (χ0) is 19.9. The molecule has 1 amide bonds. The van der Waals surface area contributed by atoms with Gasteiger partial charge in [0.15, 0.2) is 0 Å². The van der Waals surface area contributed by atoms with E-state index in [1.54, 1.807) is 30.1 Å². The molecule has 2 unspecified atom stereocenters. The van der Waals surface area contributed by atoms with Crippen molar-refractivity contribution in [2.24, 2.45) is 7.05 Å². The molecule has 3 N–H and O–H groups in total. The van der Waals surface area contributed by atoms with Gasteiger partial charge in [0.2, 0.25) is 5.91 Å². The summed E-state index contributed by atoms with van der Waals surface area (Å²) < 4.78 is 30.3. The monoisotopic (exact) mass is 393 g/mol. The van der Waals surface area contributed by atoms with Crippen molar-refractivity contribution in [3.63, 3.8) is 0 Å². The molecule has 2 aromatic rings. The number of hydrogen-bond acceptors (Lipinski definition) is 5. The van der Waals surface area contributed by atoms with E-state index in [1.807, 2.05) is 13.8 Å². The number of phenolic OH excluding ortho intramolecular Hbond substituents is 1. The summed E-state index contributed by atoms with van der Waals surface area (Å²) >= 11 is 0. The Morgan fingerprint density at radius 1 is 1.33 bits per heavy atom. The van der Waals surface area contributed by atoms with Gasteiger partial charge in [0, 0.05) is 25.4 Å². The standard InChI is InChI=1S/C17H23N5O4S/c1-10-5-6-16(23)14(7-10)19-17(24)15-8-13(20-27(25,26)22(15)4)12-9-18-21(3)11(12)2/h5-7,9,13,15,20,23H,8H2,1-4H3,(H,19,24). The van der Waals surface area contributed by atoms with Crippen LogP contribution in [0, 0.1) is 13.8 Å². The van der Waals surface area contributed by atoms with Gasteiger partial charge in [-0.3, -0.25) is 9.48 Å². The van der Waals surface area contributed by atoms with Crippen LogP contribution in [0.5, 0.6) is 5.75 Å². The highest BCUT2D eigenvalue weighted by Crippen LogP contribution is 2.31. The summed E-state index contributed by atoms with van der Waals surface area (Å²) in [5, 5.41) is 16.7. The summed E-state index contributed by atoms with van der Waals surface area (Å²) in [5.41, 5.74) is 2.66. The Hall–Kier alpha value is -2.43. The molecule has 1 fully saturated rings. The Bertz CT molecular complexity index is 985. The molecule has 3 rings (SSSR count). The Morgan fingerprint density at radius 3 is 2.67 bits per heavy atom. The number of carbonyl (C=O) groups is 1. The van der Waals surface area contributed by atoms with Gasteiger partial charge in [-0.25, -0.2) is 0 Å². The number of carbonyl (C=O) groups excluding carboxylic acids is 1. The smallest absolute Gasteiger partial charge is 0.280 e. The molecule has 0 aliphatic carbocycles. The molecule has 2 heterocycles. The van der Waals surface area contributed by atoms with Crippen LogP contribution in [-0.4, -0.2) is 46.6 Å². The third kappa shape index (κ3) is 3.68. The first kappa shape index (κ1) is 19.3. The Morgan fingerprint density at radius 2 is 2.04 bits per heavy atom. The fourth-order valence-corrected chi connectivity index (χ4v) is 4.40. The number of nitrogens with one attached hydrogen (secondary N) is 2. The fraction of sp³-hybridized carbons (Fsp3) is 0.412. The summed E-state index contributed by atoms with van der Waals surface area (Å²) in [6, 6.07) is 3.33. The van der Waals surface area contributed by atoms with Gasteiger partial charge in [-0.2, -0.15) is 22.5 Å². The van der Waals surface area contributed by atoms with Gasteiger partial charge in [-0.15, -0.1) is 0 Å². The minimum atomic E-state index is -3.85. The van der Waals surface area contributed by atoms with Gasteiger partial charge >= 0.3 is 0 Å². The molecule has 0 radical (unpaired) electrons. The van der Waals surface area contributed by atoms with E-state index < -0.39 is 28.2 Å². The second-order valence-electron chi connectivity index (χ2n) is 6.76. The SMILES string of the molecule is Cc1ccc(O)c(NC(=O)C2CC(c3cnn(C)c3C)NS(=O)(=O)N2C)c1. The number of anilines is 1. The molecule has 0 bridgehead atoms. The van der Waals surface area contributed by atoms with Gasteiger partial charge in [-0.1, -0.05) is 6.07 Å². The lowest BCUT2D eigenvalue weighted by Crippen LogP contribution is -2.56. The van der Waals surface area contributed by atoms with E-state index in [2.05, 4.69) is 15.1 Å². The molecule has 1 aliphatic heterocycles. The predicted octanol–water partition coefficient (Wildman–Crippen LogP) is 0.961. The lowest BCUT2D eigenvalue weighted by molar-refractivity contribution is -0.120. The normalized spacial score (nSPS) is 22.5. The second-order valence-corrected chi connectivity index (χ2v) is 8.52. The number of aromatic nitrogens is 2. The summed E-state index contributed by atoms with van der Waals surface area (Å²) in [6.07, 6.45) is 1.84. The molecule has 1 aliphatic rings. The number of amides is 1. The highest BCUT2D eigenvalue weighted by Gasteiger charge is 2.41. The van der Waals surface area contributed by atoms with Crippen LogP contribution in [0.25, 0.3) is 0 Å². The third-order valence-electron chi connectivity index (χ3n) is 4.93. The van der Waals surface area contributed by atoms with Crippen LogP contribution in [0.1, 0.15) is 29.3 Å². The predicted molar refractivity (Wildman–Crippen MR) is 100 cm³/mol. The van der Waals surface area contributed by atoms with Gasteiger partial charge in [-0.05, 0) is 38.0 Å². The van der Waals surface area contributed by atoms with E-state index in [0.717, 1.165) is 21.1 Å². The van der Waals surface area contributed by atoms with Crippen molar-refractivity contribution in [2.75, 3.05) is 12.4 Å². The summed E-state index contributed by atoms with van der Waals surface area (Å²) in [7, 11) is -0.721. The van der Waals surface area contributed by atoms with Gasteiger partial charge in [0.05, 0.1) is 17.9 Å². The fourth-order valence-electron chi connectivity index (χ4n) is 3.14. The molecule has 9 nitrogen and oxygen atoms in total. The van der Waals surface area contributed by atoms with E-state index in [4.69, 9.17) is 0 Å². The molecular formula is C17H23N5O4S. The van der Waals surface area contributed by atoms with Crippen molar-refractivity contribution in [3.8, 4) is 5.75 Å². The Kier molecular flexibility index (Phi) is 4.98. The van der Waals surface area contributed by atoms with Gasteiger partial charge < -0.3 is 10.4 Å². The molecule has 146 valence electrons. The topological polar surface area (TPSA) is 117 Å². The summed E-state index contributed by atoms with van der Waals surface area (Å²) in [4.78, 5) is 12.8. The summed E-state index contributed by atoms with van der Waals surface area (Å²) in [5.74, 6) is -0.580. The molecule has 0 spiro atoms. The van der Waals surface area contributed by atoms with Crippen molar-refractivity contribution >= 4 is 21.8 Å². The van der Waals surface area contributed by atoms with Crippen molar-refractivity contribution in [2.45, 2.75) is 32.4 Å². The van der Waals surface area contributed by atoms with Crippen molar-refractivity contribution < 1.29 is 18.3 Å². The number of benzene rings is 1. The first-order chi connectivity index (χ1) is 12.6. The lowest BCUT2D eigenvalue weighted by Gasteiger charge is -2.36. The van der Waals surface area contributed by atoms with Crippen molar-refractivity contribution in [3.05, 3.63) is 41.2 Å². The highest BCUT2D eigenvalue weighted by atomic mass is 32.2. The van der Waals surface area contributed by atoms with Gasteiger partial charge in [0.1, 0.15) is 11.8 Å². The first-order valence-corrected chi connectivity index (χ1v) is 9.88. The number of aromatic hydroxyl groups is 1.